The topological polar surface area (TPSA) is 17.1 Å². The van der Waals surface area contributed by atoms with Crippen molar-refractivity contribution in [3.05, 3.63) is 0 Å². The van der Waals surface area contributed by atoms with Crippen molar-refractivity contribution >= 4 is 6.79 Å². The van der Waals surface area contributed by atoms with Crippen LogP contribution in [0.5, 0.6) is 0 Å². The Morgan fingerprint density at radius 2 is 1.25 bits per heavy atom. The molecule has 17 valence electrons. The molecule has 3 heteroatoms. The quantitative estimate of drug-likeness (QED) is 0.415. The molecular formula is CHORfY-. The Hall–Kier alpha value is -0.226. The van der Waals surface area contributed by atoms with E-state index < -0.39 is 0 Å². The zero-order chi connectivity index (χ0) is 2.00. The molecule has 0 heterocycles. The van der Waals surface area contributed by atoms with Gasteiger partial charge in [-0.1, -0.05) is 0 Å². The van der Waals surface area contributed by atoms with Crippen LogP contribution >= 0.6 is 0 Å². The van der Waals surface area contributed by atoms with Gasteiger partial charge < -0.3 is 4.79 Å². The summed E-state index contributed by atoms with van der Waals surface area (Å²) in [6.45, 7) is 3.25. The Kier molecular flexibility index (Phi) is 2070. The first-order chi connectivity index (χ1) is 1.00. The zero-order valence-electron chi connectivity index (χ0n) is 2.27. The van der Waals surface area contributed by atoms with E-state index in [1.54, 1.807) is 0 Å². The Balaban J connectivity index is -0.00000000500. The molecule has 0 saturated carbocycles. The van der Waals surface area contributed by atoms with E-state index >= 15 is 0 Å². The Labute approximate surface area is 44.3 Å². The van der Waals surface area contributed by atoms with Crippen LogP contribution in [0.4, 0.5) is 0 Å². The van der Waals surface area contributed by atoms with E-state index in [9.17, 15) is 0 Å². The molecule has 0 aromatic heterocycles. The maximum Gasteiger partial charge on any atom is 0 e. The molecule has 1 nitrogen and oxygen atoms in total. The molecule has 0 atom stereocenters. The molecule has 0 unspecified atom stereocenters. The third kappa shape index (κ3) is 20.8. The van der Waals surface area contributed by atoms with Gasteiger partial charge >= 0.3 is 0 Å². The van der Waals surface area contributed by atoms with Gasteiger partial charge in [0.2, 0.25) is 0 Å². The monoisotopic (exact) mass is 385 g/mol. The predicted molar refractivity (Wildman–Crippen MR) is 6.75 cm³/mol. The van der Waals surface area contributed by atoms with Crippen molar-refractivity contribution in [1.29, 1.82) is 0 Å². The number of hydrogen-bond donors (Lipinski definition) is 0. The molecule has 0 saturated heterocycles. The summed E-state index contributed by atoms with van der Waals surface area (Å²) in [7, 11) is 0. The molecule has 0 aliphatic carbocycles. The minimum absolute atomic E-state index is 0. The normalized spacial score (nSPS) is 1.00. The SMILES string of the molecule is [CH-]=O.[Rf].[Y]. The first-order valence-electron chi connectivity index (χ1n) is 0.236. The minimum atomic E-state index is 0. The molecule has 0 aliphatic rings. The second-order valence-corrected chi connectivity index (χ2v) is 0. The molecular weight excluding hydrogens is 384 g/mol. The first-order valence-corrected chi connectivity index (χ1v) is 0.236. The Morgan fingerprint density at radius 1 is 1.25 bits per heavy atom. The number of carbonyl (C=O) groups excluding carboxylic acids is 1. The molecule has 0 fully saturated rings. The third-order valence-corrected chi connectivity index (χ3v) is 0. The van der Waals surface area contributed by atoms with Crippen molar-refractivity contribution in [1.82, 2.24) is 0 Å². The van der Waals surface area contributed by atoms with Gasteiger partial charge in [-0.3, -0.25) is 6.79 Å². The maximum absolute atomic E-state index is 7.75. The summed E-state index contributed by atoms with van der Waals surface area (Å²) >= 11 is 0. The number of rotatable bonds is 0. The molecule has 4 heavy (non-hydrogen) atoms. The second-order valence-electron chi connectivity index (χ2n) is 0. The van der Waals surface area contributed by atoms with E-state index in [0.717, 1.165) is 0 Å². The third-order valence-electron chi connectivity index (χ3n) is 0. The van der Waals surface area contributed by atoms with Crippen LogP contribution in [0.25, 0.3) is 0 Å². The van der Waals surface area contributed by atoms with Crippen molar-refractivity contribution in [3.8, 4) is 0 Å². The van der Waals surface area contributed by atoms with Crippen LogP contribution in [0.2, 0.25) is 0 Å². The van der Waals surface area contributed by atoms with Crippen LogP contribution in [0.1, 0.15) is 0 Å². The average Bonchev–Trinajstić information content (AvgIpc) is 1.00. The van der Waals surface area contributed by atoms with E-state index in [1.807, 2.05) is 0 Å². The van der Waals surface area contributed by atoms with E-state index in [-0.39, 0.29) is 32.7 Å². The summed E-state index contributed by atoms with van der Waals surface area (Å²) < 4.78 is 0. The van der Waals surface area contributed by atoms with E-state index in [1.165, 1.54) is 0 Å². The zero-order valence-corrected chi connectivity index (χ0v) is 11.5. The standard InChI is InChI=1S/CHO.Rf.Y/c1-2;;/h1H;;/q-1;;. The van der Waals surface area contributed by atoms with Gasteiger partial charge in [-0.2, -0.15) is 0 Å². The van der Waals surface area contributed by atoms with Gasteiger partial charge in [0.05, 0.1) is 0 Å². The molecule has 1 radical (unpaired) electrons. The molecule has 0 aliphatic heterocycles. The van der Waals surface area contributed by atoms with Crippen LogP contribution in [0, 0.1) is 0 Å². The molecule has 0 bridgehead atoms. The van der Waals surface area contributed by atoms with Crippen LogP contribution in [-0.4, -0.2) is 6.79 Å². The van der Waals surface area contributed by atoms with Crippen LogP contribution in [-0.2, 0) is 37.5 Å². The van der Waals surface area contributed by atoms with Crippen molar-refractivity contribution in [2.75, 3.05) is 0 Å². The summed E-state index contributed by atoms with van der Waals surface area (Å²) in [5.41, 5.74) is 0. The molecule has 0 rings (SSSR count). The van der Waals surface area contributed by atoms with Gasteiger partial charge in [0.1, 0.15) is 0 Å². The molecule has 0 amide bonds. The van der Waals surface area contributed by atoms with Gasteiger partial charge in [0.15, 0.2) is 0 Å². The van der Waals surface area contributed by atoms with Crippen molar-refractivity contribution in [3.63, 3.8) is 0 Å². The van der Waals surface area contributed by atoms with E-state index in [2.05, 4.69) is 6.79 Å². The van der Waals surface area contributed by atoms with Gasteiger partial charge in [-0.15, -0.1) is 0 Å². The molecule has 0 aromatic rings. The van der Waals surface area contributed by atoms with Crippen molar-refractivity contribution < 1.29 is 37.5 Å². The fraction of sp³-hybridized carbons (Fsp3) is 0. The van der Waals surface area contributed by atoms with Crippen molar-refractivity contribution in [2.45, 2.75) is 0 Å². The molecule has 0 spiro atoms. The van der Waals surface area contributed by atoms with Crippen LogP contribution in [0.15, 0.2) is 0 Å². The van der Waals surface area contributed by atoms with Crippen LogP contribution in [0.3, 0.4) is 0 Å². The van der Waals surface area contributed by atoms with Gasteiger partial charge in [-0.05, 0) is 0 Å². The van der Waals surface area contributed by atoms with Crippen molar-refractivity contribution in [2.24, 2.45) is 0 Å². The summed E-state index contributed by atoms with van der Waals surface area (Å²) in [5.74, 6) is 0. The first kappa shape index (κ1) is 48.5. The fourth-order valence-electron chi connectivity index (χ4n) is 0. The maximum atomic E-state index is 7.75. The second kappa shape index (κ2) is 171. The number of hydrogen-bond acceptors (Lipinski definition) is 1. The van der Waals surface area contributed by atoms with E-state index in [4.69, 9.17) is 4.79 Å². The van der Waals surface area contributed by atoms with Gasteiger partial charge in [-0.25, -0.2) is 0 Å². The van der Waals surface area contributed by atoms with Gasteiger partial charge in [0, 0.05) is 32.7 Å². The smallest absolute Gasteiger partial charge is 0 e. The molecule has 0 aromatic carbocycles. The summed E-state index contributed by atoms with van der Waals surface area (Å²) in [6, 6.07) is 0. The largest absolute Gasteiger partial charge is 0.545 e. The fourth-order valence-corrected chi connectivity index (χ4v) is 0. The Morgan fingerprint density at radius 3 is 1.25 bits per heavy atom. The van der Waals surface area contributed by atoms with Gasteiger partial charge in [0.25, 0.3) is 0 Å². The molecule has 0 N–H and O–H groups in total. The van der Waals surface area contributed by atoms with E-state index in [0.29, 0.717) is 0 Å². The summed E-state index contributed by atoms with van der Waals surface area (Å²) in [6.07, 6.45) is 0. The average molecular weight is 385 g/mol. The summed E-state index contributed by atoms with van der Waals surface area (Å²) in [5, 5.41) is 0. The van der Waals surface area contributed by atoms with Crippen LogP contribution < -0.4 is 0 Å². The Bertz CT molecular complexity index is 8.00. The predicted octanol–water partition coefficient (Wildman–Crippen LogP) is -0.277. The minimum Gasteiger partial charge on any atom is -0.545 e. The summed E-state index contributed by atoms with van der Waals surface area (Å²) in [4.78, 5) is 7.75.